The molecule has 180 valence electrons. The number of nitrogens with one attached hydrogen (secondary N) is 1. The molecule has 2 saturated heterocycles. The number of piperidine rings is 1. The zero-order valence-electron chi connectivity index (χ0n) is 20.1. The van der Waals surface area contributed by atoms with Gasteiger partial charge >= 0.3 is 0 Å². The first-order chi connectivity index (χ1) is 17.1. The second-order valence-corrected chi connectivity index (χ2v) is 9.61. The van der Waals surface area contributed by atoms with E-state index in [1.54, 1.807) is 6.20 Å². The van der Waals surface area contributed by atoms with Crippen LogP contribution in [0.4, 0.5) is 17.3 Å². The fourth-order valence-electron chi connectivity index (χ4n) is 4.91. The SMILES string of the molecule is CN1CCC(Cc2ccc(Nc3nccc(-c4ccc(N5CC[C@H](O)C5)c(C#N)c4)n3)cn2)CC1. The summed E-state index contributed by atoms with van der Waals surface area (Å²) in [5.74, 6) is 1.19. The minimum absolute atomic E-state index is 0.338. The lowest BCUT2D eigenvalue weighted by Gasteiger charge is -2.28. The van der Waals surface area contributed by atoms with E-state index in [2.05, 4.69) is 49.3 Å². The summed E-state index contributed by atoms with van der Waals surface area (Å²) in [4.78, 5) is 18.1. The van der Waals surface area contributed by atoms with Crippen molar-refractivity contribution in [3.63, 3.8) is 0 Å². The van der Waals surface area contributed by atoms with Gasteiger partial charge in [-0.2, -0.15) is 5.26 Å². The summed E-state index contributed by atoms with van der Waals surface area (Å²) in [5, 5.41) is 22.8. The number of hydrogen-bond donors (Lipinski definition) is 2. The minimum atomic E-state index is -0.338. The molecule has 0 aliphatic carbocycles. The lowest BCUT2D eigenvalue weighted by atomic mass is 9.92. The molecule has 3 aromatic rings. The first kappa shape index (κ1) is 23.2. The Balaban J connectivity index is 1.26. The Bertz CT molecular complexity index is 1200. The topological polar surface area (TPSA) is 101 Å². The van der Waals surface area contributed by atoms with Crippen LogP contribution in [0.25, 0.3) is 11.3 Å². The summed E-state index contributed by atoms with van der Waals surface area (Å²) in [6.07, 6.45) is 7.42. The van der Waals surface area contributed by atoms with Crippen molar-refractivity contribution in [2.45, 2.75) is 31.8 Å². The van der Waals surface area contributed by atoms with Crippen molar-refractivity contribution in [3.8, 4) is 17.3 Å². The number of likely N-dealkylation sites (tertiary alicyclic amines) is 1. The van der Waals surface area contributed by atoms with Crippen LogP contribution in [-0.4, -0.2) is 64.3 Å². The number of β-amino-alcohol motifs (C(OH)–C–C–N with tert-alkyl or cyclic N) is 1. The summed E-state index contributed by atoms with van der Waals surface area (Å²) in [6.45, 7) is 3.64. The van der Waals surface area contributed by atoms with Crippen molar-refractivity contribution in [1.82, 2.24) is 19.9 Å². The first-order valence-electron chi connectivity index (χ1n) is 12.3. The highest BCUT2D eigenvalue weighted by atomic mass is 16.3. The van der Waals surface area contributed by atoms with Crippen molar-refractivity contribution < 1.29 is 5.11 Å². The lowest BCUT2D eigenvalue weighted by Crippen LogP contribution is -2.31. The molecule has 0 amide bonds. The smallest absolute Gasteiger partial charge is 0.227 e. The van der Waals surface area contributed by atoms with E-state index in [-0.39, 0.29) is 6.10 Å². The van der Waals surface area contributed by atoms with Crippen molar-refractivity contribution in [3.05, 3.63) is 60.0 Å². The number of benzene rings is 1. The fourth-order valence-corrected chi connectivity index (χ4v) is 4.91. The van der Waals surface area contributed by atoms with Crippen LogP contribution in [0.3, 0.4) is 0 Å². The summed E-state index contributed by atoms with van der Waals surface area (Å²) in [7, 11) is 2.18. The van der Waals surface area contributed by atoms with Gasteiger partial charge in [0.15, 0.2) is 0 Å². The molecule has 2 aromatic heterocycles. The summed E-state index contributed by atoms with van der Waals surface area (Å²) in [6, 6.07) is 14.0. The Labute approximate surface area is 206 Å². The third-order valence-corrected chi connectivity index (χ3v) is 6.99. The van der Waals surface area contributed by atoms with Gasteiger partial charge in [-0.15, -0.1) is 0 Å². The van der Waals surface area contributed by atoms with Crippen LogP contribution in [0.1, 0.15) is 30.5 Å². The van der Waals surface area contributed by atoms with E-state index in [9.17, 15) is 10.4 Å². The van der Waals surface area contributed by atoms with Gasteiger partial charge in [0.1, 0.15) is 6.07 Å². The third kappa shape index (κ3) is 5.59. The molecule has 2 fully saturated rings. The van der Waals surface area contributed by atoms with Crippen LogP contribution in [0.15, 0.2) is 48.8 Å². The van der Waals surface area contributed by atoms with Gasteiger partial charge in [-0.05, 0) is 82.1 Å². The molecule has 2 aliphatic rings. The molecular weight excluding hydrogens is 438 g/mol. The van der Waals surface area contributed by atoms with Gasteiger partial charge in [-0.25, -0.2) is 9.97 Å². The predicted octanol–water partition coefficient (Wildman–Crippen LogP) is 3.61. The molecular formula is C27H31N7O. The van der Waals surface area contributed by atoms with Crippen LogP contribution in [0.5, 0.6) is 0 Å². The Morgan fingerprint density at radius 2 is 1.94 bits per heavy atom. The Morgan fingerprint density at radius 3 is 2.66 bits per heavy atom. The molecule has 35 heavy (non-hydrogen) atoms. The van der Waals surface area contributed by atoms with Gasteiger partial charge in [0.05, 0.1) is 34.9 Å². The minimum Gasteiger partial charge on any atom is -0.391 e. The molecule has 0 bridgehead atoms. The zero-order chi connectivity index (χ0) is 24.2. The summed E-state index contributed by atoms with van der Waals surface area (Å²) >= 11 is 0. The van der Waals surface area contributed by atoms with Gasteiger partial charge in [0, 0.05) is 30.5 Å². The standard InChI is InChI=1S/C27H31N7O/c1-33-11-7-19(8-12-33)14-22-3-4-23(17-30-22)31-27-29-10-6-25(32-27)20-2-5-26(21(15-20)16-28)34-13-9-24(35)18-34/h2-6,10,15,17,19,24,35H,7-9,11-14,18H2,1H3,(H,29,31,32)/t24-/m0/s1. The normalized spacial score (nSPS) is 19.0. The van der Waals surface area contributed by atoms with Gasteiger partial charge in [-0.1, -0.05) is 6.07 Å². The number of pyridine rings is 1. The number of rotatable bonds is 6. The van der Waals surface area contributed by atoms with E-state index in [0.717, 1.165) is 60.8 Å². The van der Waals surface area contributed by atoms with E-state index in [4.69, 9.17) is 0 Å². The third-order valence-electron chi connectivity index (χ3n) is 6.99. The number of nitriles is 1. The Hall–Kier alpha value is -3.54. The number of aliphatic hydroxyl groups excluding tert-OH is 1. The van der Waals surface area contributed by atoms with Crippen molar-refractivity contribution in [2.24, 2.45) is 5.92 Å². The number of aromatic nitrogens is 3. The zero-order valence-corrected chi connectivity index (χ0v) is 20.1. The van der Waals surface area contributed by atoms with E-state index in [0.29, 0.717) is 24.0 Å². The van der Waals surface area contributed by atoms with Crippen molar-refractivity contribution in [1.29, 1.82) is 5.26 Å². The van der Waals surface area contributed by atoms with Gasteiger partial charge < -0.3 is 20.2 Å². The maximum absolute atomic E-state index is 9.85. The number of anilines is 3. The molecule has 0 spiro atoms. The average molecular weight is 470 g/mol. The van der Waals surface area contributed by atoms with Gasteiger partial charge in [0.2, 0.25) is 5.95 Å². The molecule has 1 atom stereocenters. The fraction of sp³-hybridized carbons (Fsp3) is 0.407. The predicted molar refractivity (Wildman–Crippen MR) is 136 cm³/mol. The van der Waals surface area contributed by atoms with Crippen LogP contribution < -0.4 is 10.2 Å². The van der Waals surface area contributed by atoms with E-state index in [1.165, 1.54) is 12.8 Å². The number of hydrogen-bond acceptors (Lipinski definition) is 8. The van der Waals surface area contributed by atoms with Gasteiger partial charge in [-0.3, -0.25) is 4.98 Å². The molecule has 0 unspecified atom stereocenters. The molecule has 8 heteroatoms. The molecule has 2 aliphatic heterocycles. The quantitative estimate of drug-likeness (QED) is 0.565. The first-order valence-corrected chi connectivity index (χ1v) is 12.3. The maximum atomic E-state index is 9.85. The van der Waals surface area contributed by atoms with Crippen LogP contribution in [-0.2, 0) is 6.42 Å². The van der Waals surface area contributed by atoms with E-state index in [1.807, 2.05) is 36.5 Å². The number of nitrogens with zero attached hydrogens (tertiary/aromatic N) is 6. The van der Waals surface area contributed by atoms with E-state index < -0.39 is 0 Å². The van der Waals surface area contributed by atoms with Crippen LogP contribution in [0, 0.1) is 17.2 Å². The highest BCUT2D eigenvalue weighted by Crippen LogP contribution is 2.29. The lowest BCUT2D eigenvalue weighted by molar-refractivity contribution is 0.198. The molecule has 8 nitrogen and oxygen atoms in total. The largest absolute Gasteiger partial charge is 0.391 e. The molecule has 1 aromatic carbocycles. The summed E-state index contributed by atoms with van der Waals surface area (Å²) in [5.41, 5.74) is 4.98. The number of aliphatic hydroxyl groups is 1. The molecule has 5 rings (SSSR count). The Morgan fingerprint density at radius 1 is 1.09 bits per heavy atom. The van der Waals surface area contributed by atoms with Gasteiger partial charge in [0.25, 0.3) is 0 Å². The van der Waals surface area contributed by atoms with Crippen LogP contribution in [0.2, 0.25) is 0 Å². The second kappa shape index (κ2) is 10.4. The van der Waals surface area contributed by atoms with Crippen molar-refractivity contribution in [2.75, 3.05) is 43.4 Å². The monoisotopic (exact) mass is 469 g/mol. The van der Waals surface area contributed by atoms with E-state index >= 15 is 0 Å². The molecule has 0 radical (unpaired) electrons. The highest BCUT2D eigenvalue weighted by molar-refractivity contribution is 5.70. The molecule has 4 heterocycles. The average Bonchev–Trinajstić information content (AvgIpc) is 3.32. The van der Waals surface area contributed by atoms with Crippen molar-refractivity contribution >= 4 is 17.3 Å². The molecule has 2 N–H and O–H groups in total. The molecule has 0 saturated carbocycles. The highest BCUT2D eigenvalue weighted by Gasteiger charge is 2.23. The second-order valence-electron chi connectivity index (χ2n) is 9.61. The summed E-state index contributed by atoms with van der Waals surface area (Å²) < 4.78 is 0. The Kier molecular flexibility index (Phi) is 6.89. The maximum Gasteiger partial charge on any atom is 0.227 e. The van der Waals surface area contributed by atoms with Crippen LogP contribution >= 0.6 is 0 Å².